The fourth-order valence-corrected chi connectivity index (χ4v) is 3.53. The maximum atomic E-state index is 12.9. The summed E-state index contributed by atoms with van der Waals surface area (Å²) in [6.07, 6.45) is 3.50. The molecule has 1 aliphatic heterocycles. The largest absolute Gasteiger partial charge is 0.457 e. The molecule has 0 atom stereocenters. The van der Waals surface area contributed by atoms with E-state index in [0.29, 0.717) is 11.5 Å². The third kappa shape index (κ3) is 3.89. The van der Waals surface area contributed by atoms with Crippen LogP contribution in [0.4, 0.5) is 0 Å². The summed E-state index contributed by atoms with van der Waals surface area (Å²) < 4.78 is 6.69. The van der Waals surface area contributed by atoms with Gasteiger partial charge in [0.2, 0.25) is 0 Å². The van der Waals surface area contributed by atoms with E-state index in [1.54, 1.807) is 6.21 Å². The summed E-state index contributed by atoms with van der Waals surface area (Å²) in [5.74, 6) is 0.695. The number of allylic oxidation sites excluding steroid dienone is 1. The van der Waals surface area contributed by atoms with Gasteiger partial charge in [-0.2, -0.15) is 5.10 Å². The first-order valence-electron chi connectivity index (χ1n) is 8.83. The van der Waals surface area contributed by atoms with Crippen molar-refractivity contribution in [3.63, 3.8) is 0 Å². The fourth-order valence-electron chi connectivity index (χ4n) is 3.16. The van der Waals surface area contributed by atoms with E-state index in [2.05, 4.69) is 26.5 Å². The Morgan fingerprint density at radius 3 is 2.11 bits per heavy atom. The number of hydrogen-bond donors (Lipinski definition) is 1. The number of hydrazone groups is 1. The number of carbonyl (C=O) groups is 1. The molecule has 0 fully saturated rings. The summed E-state index contributed by atoms with van der Waals surface area (Å²) in [6.45, 7) is 0. The van der Waals surface area contributed by atoms with Crippen LogP contribution in [0.25, 0.3) is 6.08 Å². The molecule has 0 saturated heterocycles. The third-order valence-corrected chi connectivity index (χ3v) is 4.84. The van der Waals surface area contributed by atoms with Crippen molar-refractivity contribution in [1.29, 1.82) is 0 Å². The molecule has 0 radical (unpaired) electrons. The Morgan fingerprint density at radius 1 is 0.893 bits per heavy atom. The number of nitrogens with one attached hydrogen (secondary N) is 1. The molecule has 4 nitrogen and oxygen atoms in total. The minimum Gasteiger partial charge on any atom is -0.457 e. The van der Waals surface area contributed by atoms with E-state index in [1.807, 2.05) is 84.9 Å². The highest BCUT2D eigenvalue weighted by Crippen LogP contribution is 2.43. The molecule has 5 heteroatoms. The van der Waals surface area contributed by atoms with Crippen LogP contribution in [0.5, 0.6) is 11.5 Å². The summed E-state index contributed by atoms with van der Waals surface area (Å²) in [5, 5.41) is 4.11. The molecule has 0 aromatic heterocycles. The second-order valence-electron chi connectivity index (χ2n) is 6.28. The second kappa shape index (κ2) is 8.23. The number of benzene rings is 3. The molecule has 28 heavy (non-hydrogen) atoms. The Kier molecular flexibility index (Phi) is 5.35. The van der Waals surface area contributed by atoms with Gasteiger partial charge in [0.1, 0.15) is 11.5 Å². The van der Waals surface area contributed by atoms with Gasteiger partial charge < -0.3 is 4.74 Å². The third-order valence-electron chi connectivity index (χ3n) is 4.41. The number of hydrogen-bond acceptors (Lipinski definition) is 3. The van der Waals surface area contributed by atoms with E-state index < -0.39 is 5.92 Å². The van der Waals surface area contributed by atoms with Crippen LogP contribution in [0.2, 0.25) is 0 Å². The zero-order valence-electron chi connectivity index (χ0n) is 14.9. The van der Waals surface area contributed by atoms with Crippen LogP contribution in [-0.4, -0.2) is 12.1 Å². The molecule has 4 rings (SSSR count). The number of halogens is 1. The Morgan fingerprint density at radius 2 is 1.46 bits per heavy atom. The van der Waals surface area contributed by atoms with Gasteiger partial charge in [0.15, 0.2) is 0 Å². The first-order valence-corrected chi connectivity index (χ1v) is 9.62. The number of carbonyl (C=O) groups excluding carboxylic acids is 1. The van der Waals surface area contributed by atoms with Gasteiger partial charge in [0, 0.05) is 15.6 Å². The predicted octanol–water partition coefficient (Wildman–Crippen LogP) is 5.46. The molecule has 0 bridgehead atoms. The van der Waals surface area contributed by atoms with E-state index in [4.69, 9.17) is 4.74 Å². The van der Waals surface area contributed by atoms with Gasteiger partial charge in [-0.1, -0.05) is 66.7 Å². The van der Waals surface area contributed by atoms with Crippen LogP contribution >= 0.6 is 15.9 Å². The van der Waals surface area contributed by atoms with Crippen molar-refractivity contribution < 1.29 is 9.53 Å². The number of para-hydroxylation sites is 2. The zero-order valence-corrected chi connectivity index (χ0v) is 16.5. The quantitative estimate of drug-likeness (QED) is 0.439. The summed E-state index contributed by atoms with van der Waals surface area (Å²) in [4.78, 5) is 12.9. The molecule has 1 N–H and O–H groups in total. The maximum absolute atomic E-state index is 12.9. The van der Waals surface area contributed by atoms with Gasteiger partial charge in [-0.15, -0.1) is 0 Å². The van der Waals surface area contributed by atoms with Crippen LogP contribution in [0.1, 0.15) is 22.6 Å². The molecular formula is C23H17BrN2O2. The lowest BCUT2D eigenvalue weighted by Crippen LogP contribution is -2.28. The van der Waals surface area contributed by atoms with Gasteiger partial charge in [0.25, 0.3) is 5.91 Å². The van der Waals surface area contributed by atoms with Crippen LogP contribution in [0.3, 0.4) is 0 Å². The molecule has 138 valence electrons. The van der Waals surface area contributed by atoms with Gasteiger partial charge >= 0.3 is 0 Å². The lowest BCUT2D eigenvalue weighted by Gasteiger charge is -2.26. The van der Waals surface area contributed by atoms with Crippen LogP contribution in [-0.2, 0) is 4.79 Å². The Hall–Kier alpha value is -3.18. The smallest absolute Gasteiger partial charge is 0.252 e. The molecule has 1 aliphatic rings. The number of ether oxygens (including phenoxy) is 1. The minimum atomic E-state index is -0.477. The van der Waals surface area contributed by atoms with Crippen LogP contribution < -0.4 is 10.2 Å². The first kappa shape index (κ1) is 18.2. The number of rotatable bonds is 4. The average molecular weight is 433 g/mol. The van der Waals surface area contributed by atoms with Crippen molar-refractivity contribution in [2.45, 2.75) is 5.92 Å². The molecule has 0 saturated carbocycles. The standard InChI is InChI=1S/C23H17BrN2O2/c24-17(14-16-8-2-1-3-9-16)15-25-26-23(27)22-18-10-4-6-12-20(18)28-21-13-7-5-11-19(21)22/h1-15,22H,(H,26,27)/b17-14+,25-15+. The SMILES string of the molecule is O=C(N/N=C/C(Br)=C\c1ccccc1)C1c2ccccc2Oc2ccccc21. The highest BCUT2D eigenvalue weighted by molar-refractivity contribution is 9.12. The molecular weight excluding hydrogens is 416 g/mol. The highest BCUT2D eigenvalue weighted by atomic mass is 79.9. The summed E-state index contributed by atoms with van der Waals surface area (Å²) in [6, 6.07) is 25.0. The summed E-state index contributed by atoms with van der Waals surface area (Å²) >= 11 is 3.45. The lowest BCUT2D eigenvalue weighted by atomic mass is 9.87. The molecule has 0 spiro atoms. The van der Waals surface area contributed by atoms with E-state index >= 15 is 0 Å². The van der Waals surface area contributed by atoms with Crippen molar-refractivity contribution in [3.8, 4) is 11.5 Å². The Bertz CT molecular complexity index is 1020. The van der Waals surface area contributed by atoms with E-state index in [1.165, 1.54) is 0 Å². The molecule has 3 aromatic rings. The lowest BCUT2D eigenvalue weighted by molar-refractivity contribution is -0.121. The van der Waals surface area contributed by atoms with Crippen molar-refractivity contribution in [3.05, 3.63) is 100 Å². The monoisotopic (exact) mass is 432 g/mol. The van der Waals surface area contributed by atoms with Crippen LogP contribution in [0, 0.1) is 0 Å². The van der Waals surface area contributed by atoms with Crippen LogP contribution in [0.15, 0.2) is 88.4 Å². The number of fused-ring (bicyclic) bond motifs is 2. The van der Waals surface area contributed by atoms with Crippen molar-refractivity contribution in [2.75, 3.05) is 0 Å². The van der Waals surface area contributed by atoms with Crippen molar-refractivity contribution in [2.24, 2.45) is 5.10 Å². The molecule has 1 amide bonds. The summed E-state index contributed by atoms with van der Waals surface area (Å²) in [7, 11) is 0. The Balaban J connectivity index is 1.55. The van der Waals surface area contributed by atoms with Gasteiger partial charge in [-0.25, -0.2) is 5.43 Å². The predicted molar refractivity (Wildman–Crippen MR) is 115 cm³/mol. The topological polar surface area (TPSA) is 50.7 Å². The van der Waals surface area contributed by atoms with E-state index in [-0.39, 0.29) is 5.91 Å². The fraction of sp³-hybridized carbons (Fsp3) is 0.0435. The van der Waals surface area contributed by atoms with Gasteiger partial charge in [-0.05, 0) is 39.7 Å². The molecule has 0 unspecified atom stereocenters. The van der Waals surface area contributed by atoms with Crippen molar-refractivity contribution in [1.82, 2.24) is 5.43 Å². The average Bonchev–Trinajstić information content (AvgIpc) is 2.72. The minimum absolute atomic E-state index is 0.209. The normalized spacial score (nSPS) is 13.5. The maximum Gasteiger partial charge on any atom is 0.252 e. The number of nitrogens with zero attached hydrogens (tertiary/aromatic N) is 1. The van der Waals surface area contributed by atoms with E-state index in [9.17, 15) is 4.79 Å². The summed E-state index contributed by atoms with van der Waals surface area (Å²) in [5.41, 5.74) is 5.35. The zero-order chi connectivity index (χ0) is 19.3. The first-order chi connectivity index (χ1) is 13.7. The van der Waals surface area contributed by atoms with E-state index in [0.717, 1.165) is 21.2 Å². The number of amides is 1. The van der Waals surface area contributed by atoms with Gasteiger partial charge in [0.05, 0.1) is 12.1 Å². The van der Waals surface area contributed by atoms with Gasteiger partial charge in [-0.3, -0.25) is 4.79 Å². The second-order valence-corrected chi connectivity index (χ2v) is 7.20. The Labute approximate surface area is 171 Å². The molecule has 3 aromatic carbocycles. The molecule has 1 heterocycles. The highest BCUT2D eigenvalue weighted by Gasteiger charge is 2.32. The van der Waals surface area contributed by atoms with Crippen molar-refractivity contribution >= 4 is 34.1 Å². The molecule has 0 aliphatic carbocycles.